The van der Waals surface area contributed by atoms with Crippen LogP contribution < -0.4 is 5.73 Å². The van der Waals surface area contributed by atoms with Crippen molar-refractivity contribution >= 4 is 32.8 Å². The van der Waals surface area contributed by atoms with Crippen LogP contribution >= 0.6 is 11.3 Å². The molecular formula is C16H19NO4S2. The lowest BCUT2D eigenvalue weighted by Crippen LogP contribution is -2.08. The van der Waals surface area contributed by atoms with Crippen LogP contribution in [0.25, 0.3) is 10.4 Å². The van der Waals surface area contributed by atoms with Gasteiger partial charge in [0.2, 0.25) is 0 Å². The summed E-state index contributed by atoms with van der Waals surface area (Å²) < 4.78 is 24.8. The lowest BCUT2D eigenvalue weighted by molar-refractivity contribution is -0.137. The van der Waals surface area contributed by atoms with Gasteiger partial charge in [-0.2, -0.15) is 0 Å². The van der Waals surface area contributed by atoms with E-state index < -0.39 is 15.8 Å². The highest BCUT2D eigenvalue weighted by Crippen LogP contribution is 2.32. The minimum absolute atomic E-state index is 0.0143. The van der Waals surface area contributed by atoms with Crippen molar-refractivity contribution in [2.45, 2.75) is 30.6 Å². The molecule has 0 radical (unpaired) electrons. The molecule has 0 unspecified atom stereocenters. The number of sulfone groups is 1. The number of anilines is 1. The minimum Gasteiger partial charge on any atom is -0.481 e. The summed E-state index contributed by atoms with van der Waals surface area (Å²) in [6, 6.07) is 8.56. The van der Waals surface area contributed by atoms with Gasteiger partial charge in [-0.05, 0) is 42.5 Å². The first kappa shape index (κ1) is 17.5. The number of carboxylic acid groups (broad SMARTS) is 1. The predicted octanol–water partition coefficient (Wildman–Crippen LogP) is 3.42. The quantitative estimate of drug-likeness (QED) is 0.560. The molecule has 23 heavy (non-hydrogen) atoms. The number of benzene rings is 1. The van der Waals surface area contributed by atoms with Crippen LogP contribution in [0.1, 0.15) is 25.7 Å². The summed E-state index contributed by atoms with van der Waals surface area (Å²) in [6.45, 7) is 0. The zero-order valence-corrected chi connectivity index (χ0v) is 14.2. The number of carbonyl (C=O) groups is 1. The second kappa shape index (κ2) is 7.61. The van der Waals surface area contributed by atoms with E-state index in [0.29, 0.717) is 24.9 Å². The Labute approximate surface area is 139 Å². The Morgan fingerprint density at radius 3 is 2.61 bits per heavy atom. The van der Waals surface area contributed by atoms with Crippen LogP contribution in [0.4, 0.5) is 5.69 Å². The first-order valence-corrected chi connectivity index (χ1v) is 9.81. The molecule has 1 heterocycles. The van der Waals surface area contributed by atoms with E-state index in [9.17, 15) is 13.2 Å². The second-order valence-corrected chi connectivity index (χ2v) is 8.31. The molecule has 3 N–H and O–H groups in total. The van der Waals surface area contributed by atoms with Crippen molar-refractivity contribution in [3.8, 4) is 10.4 Å². The van der Waals surface area contributed by atoms with Crippen LogP contribution in [0.5, 0.6) is 0 Å². The summed E-state index contributed by atoms with van der Waals surface area (Å²) in [7, 11) is -3.39. The molecule has 1 aromatic heterocycles. The van der Waals surface area contributed by atoms with E-state index >= 15 is 0 Å². The van der Waals surface area contributed by atoms with Crippen molar-refractivity contribution in [3.63, 3.8) is 0 Å². The van der Waals surface area contributed by atoms with E-state index in [1.807, 2.05) is 17.5 Å². The molecule has 0 aliphatic heterocycles. The maximum atomic E-state index is 12.4. The first-order chi connectivity index (χ1) is 10.9. The number of nitrogen functional groups attached to an aromatic ring is 1. The Hall–Kier alpha value is -1.86. The smallest absolute Gasteiger partial charge is 0.303 e. The molecule has 2 rings (SSSR count). The molecule has 7 heteroatoms. The molecule has 0 bridgehead atoms. The molecule has 0 saturated carbocycles. The molecule has 0 saturated heterocycles. The van der Waals surface area contributed by atoms with Gasteiger partial charge in [0.05, 0.1) is 10.6 Å². The van der Waals surface area contributed by atoms with Crippen molar-refractivity contribution < 1.29 is 18.3 Å². The summed E-state index contributed by atoms with van der Waals surface area (Å²) in [4.78, 5) is 11.6. The van der Waals surface area contributed by atoms with E-state index in [-0.39, 0.29) is 17.1 Å². The van der Waals surface area contributed by atoms with Gasteiger partial charge < -0.3 is 10.8 Å². The number of aliphatic carboxylic acids is 1. The van der Waals surface area contributed by atoms with Gasteiger partial charge in [0.15, 0.2) is 9.84 Å². The lowest BCUT2D eigenvalue weighted by Gasteiger charge is -2.08. The number of hydrogen-bond acceptors (Lipinski definition) is 5. The number of thiophene rings is 1. The Bertz CT molecular complexity index is 767. The Balaban J connectivity index is 2.08. The third kappa shape index (κ3) is 4.80. The largest absolute Gasteiger partial charge is 0.481 e. The second-order valence-electron chi connectivity index (χ2n) is 5.25. The Morgan fingerprint density at radius 1 is 1.17 bits per heavy atom. The van der Waals surface area contributed by atoms with E-state index in [0.717, 1.165) is 10.4 Å². The Kier molecular flexibility index (Phi) is 5.79. The van der Waals surface area contributed by atoms with Gasteiger partial charge in [-0.15, -0.1) is 11.3 Å². The van der Waals surface area contributed by atoms with E-state index in [1.165, 1.54) is 17.4 Å². The third-order valence-corrected chi connectivity index (χ3v) is 6.18. The first-order valence-electron chi connectivity index (χ1n) is 7.28. The standard InChI is InChI=1S/C16H19NO4S2/c17-14-8-7-12(11-13(14)15-5-4-9-22-15)23(20,21)10-3-1-2-6-16(18)19/h4-5,7-9,11H,1-3,6,10,17H2,(H,18,19). The van der Waals surface area contributed by atoms with E-state index in [1.54, 1.807) is 12.1 Å². The maximum absolute atomic E-state index is 12.4. The van der Waals surface area contributed by atoms with Gasteiger partial charge in [0.1, 0.15) is 0 Å². The van der Waals surface area contributed by atoms with Crippen LogP contribution in [-0.4, -0.2) is 25.2 Å². The molecule has 124 valence electrons. The highest BCUT2D eigenvalue weighted by atomic mass is 32.2. The molecule has 0 aliphatic rings. The maximum Gasteiger partial charge on any atom is 0.303 e. The number of carboxylic acids is 1. The molecule has 2 aromatic rings. The van der Waals surface area contributed by atoms with Gasteiger partial charge in [-0.1, -0.05) is 12.5 Å². The van der Waals surface area contributed by atoms with Crippen LogP contribution in [0.3, 0.4) is 0 Å². The lowest BCUT2D eigenvalue weighted by atomic mass is 10.1. The number of nitrogens with two attached hydrogens (primary N) is 1. The van der Waals surface area contributed by atoms with Crippen molar-refractivity contribution in [1.29, 1.82) is 0 Å². The zero-order chi connectivity index (χ0) is 16.9. The van der Waals surface area contributed by atoms with E-state index in [2.05, 4.69) is 0 Å². The minimum atomic E-state index is -3.39. The summed E-state index contributed by atoms with van der Waals surface area (Å²) in [5.41, 5.74) is 7.23. The number of unbranched alkanes of at least 4 members (excludes halogenated alkanes) is 2. The molecule has 5 nitrogen and oxygen atoms in total. The van der Waals surface area contributed by atoms with Gasteiger partial charge in [-0.25, -0.2) is 8.42 Å². The molecule has 0 spiro atoms. The predicted molar refractivity (Wildman–Crippen MR) is 92.3 cm³/mol. The zero-order valence-electron chi connectivity index (χ0n) is 12.6. The Morgan fingerprint density at radius 2 is 1.96 bits per heavy atom. The fraction of sp³-hybridized carbons (Fsp3) is 0.312. The van der Waals surface area contributed by atoms with Crippen molar-refractivity contribution in [2.75, 3.05) is 11.5 Å². The fourth-order valence-corrected chi connectivity index (χ4v) is 4.39. The van der Waals surface area contributed by atoms with Crippen molar-refractivity contribution in [3.05, 3.63) is 35.7 Å². The van der Waals surface area contributed by atoms with Crippen LogP contribution in [0, 0.1) is 0 Å². The van der Waals surface area contributed by atoms with Gasteiger partial charge in [0.25, 0.3) is 0 Å². The van der Waals surface area contributed by atoms with Crippen molar-refractivity contribution in [1.82, 2.24) is 0 Å². The average molecular weight is 353 g/mol. The van der Waals surface area contributed by atoms with E-state index in [4.69, 9.17) is 10.8 Å². The molecular weight excluding hydrogens is 334 g/mol. The third-order valence-electron chi connectivity index (χ3n) is 3.47. The van der Waals surface area contributed by atoms with Gasteiger partial charge in [-0.3, -0.25) is 4.79 Å². The summed E-state index contributed by atoms with van der Waals surface area (Å²) in [6.07, 6.45) is 1.60. The highest BCUT2D eigenvalue weighted by molar-refractivity contribution is 7.91. The molecule has 0 atom stereocenters. The normalized spacial score (nSPS) is 11.5. The molecule has 0 fully saturated rings. The number of rotatable bonds is 8. The summed E-state index contributed by atoms with van der Waals surface area (Å²) in [5, 5.41) is 10.5. The fourth-order valence-electron chi connectivity index (χ4n) is 2.24. The van der Waals surface area contributed by atoms with Gasteiger partial charge in [0, 0.05) is 22.5 Å². The summed E-state index contributed by atoms with van der Waals surface area (Å²) in [5.74, 6) is -0.840. The molecule has 0 aliphatic carbocycles. The SMILES string of the molecule is Nc1ccc(S(=O)(=O)CCCCCC(=O)O)cc1-c1cccs1. The van der Waals surface area contributed by atoms with Crippen LogP contribution in [0.15, 0.2) is 40.6 Å². The van der Waals surface area contributed by atoms with Gasteiger partial charge >= 0.3 is 5.97 Å². The summed E-state index contributed by atoms with van der Waals surface area (Å²) >= 11 is 1.51. The monoisotopic (exact) mass is 353 g/mol. The number of hydrogen-bond donors (Lipinski definition) is 2. The topological polar surface area (TPSA) is 97.5 Å². The highest BCUT2D eigenvalue weighted by Gasteiger charge is 2.16. The molecule has 1 aromatic carbocycles. The average Bonchev–Trinajstić information content (AvgIpc) is 3.00. The van der Waals surface area contributed by atoms with Crippen LogP contribution in [0.2, 0.25) is 0 Å². The van der Waals surface area contributed by atoms with Crippen molar-refractivity contribution in [2.24, 2.45) is 0 Å². The molecule has 0 amide bonds. The van der Waals surface area contributed by atoms with Crippen LogP contribution in [-0.2, 0) is 14.6 Å².